The fourth-order valence-corrected chi connectivity index (χ4v) is 1.72. The van der Waals surface area contributed by atoms with Gasteiger partial charge in [-0.15, -0.1) is 0 Å². The van der Waals surface area contributed by atoms with Crippen LogP contribution in [-0.2, 0) is 9.47 Å². The van der Waals surface area contributed by atoms with Gasteiger partial charge in [-0.25, -0.2) is 0 Å². The van der Waals surface area contributed by atoms with E-state index in [2.05, 4.69) is 27.7 Å². The van der Waals surface area contributed by atoms with E-state index in [4.69, 9.17) is 9.47 Å². The molecule has 0 aliphatic rings. The van der Waals surface area contributed by atoms with Gasteiger partial charge in [0, 0.05) is 13.2 Å². The summed E-state index contributed by atoms with van der Waals surface area (Å²) in [6.45, 7) is 14.4. The van der Waals surface area contributed by atoms with Crippen LogP contribution in [-0.4, -0.2) is 25.4 Å². The van der Waals surface area contributed by atoms with E-state index >= 15 is 0 Å². The van der Waals surface area contributed by atoms with Crippen molar-refractivity contribution in [2.75, 3.05) is 13.2 Å². The second-order valence-electron chi connectivity index (χ2n) is 4.33. The molecule has 0 fully saturated rings. The molecular weight excluding hydrogens is 176 g/mol. The van der Waals surface area contributed by atoms with E-state index in [0.717, 1.165) is 13.2 Å². The van der Waals surface area contributed by atoms with E-state index in [1.165, 1.54) is 0 Å². The highest BCUT2D eigenvalue weighted by atomic mass is 16.5. The van der Waals surface area contributed by atoms with Crippen LogP contribution in [0.5, 0.6) is 0 Å². The normalized spacial score (nSPS) is 16.3. The lowest BCUT2D eigenvalue weighted by molar-refractivity contribution is -0.104. The molecule has 0 aromatic carbocycles. The van der Waals surface area contributed by atoms with Crippen LogP contribution in [0.15, 0.2) is 0 Å². The topological polar surface area (TPSA) is 18.5 Å². The molecule has 0 aliphatic carbocycles. The third-order valence-corrected chi connectivity index (χ3v) is 2.36. The third kappa shape index (κ3) is 4.43. The lowest BCUT2D eigenvalue weighted by atomic mass is 9.93. The minimum atomic E-state index is 0.222. The van der Waals surface area contributed by atoms with Crippen molar-refractivity contribution in [1.29, 1.82) is 0 Å². The monoisotopic (exact) mass is 202 g/mol. The van der Waals surface area contributed by atoms with Crippen molar-refractivity contribution >= 4 is 0 Å². The minimum Gasteiger partial charge on any atom is -0.376 e. The predicted octanol–water partition coefficient (Wildman–Crippen LogP) is 3.11. The first-order chi connectivity index (χ1) is 6.54. The van der Waals surface area contributed by atoms with Gasteiger partial charge < -0.3 is 9.47 Å². The average molecular weight is 202 g/mol. The molecule has 0 amide bonds. The van der Waals surface area contributed by atoms with Gasteiger partial charge in [-0.3, -0.25) is 0 Å². The van der Waals surface area contributed by atoms with Crippen molar-refractivity contribution in [1.82, 2.24) is 0 Å². The molecule has 2 heteroatoms. The van der Waals surface area contributed by atoms with Crippen molar-refractivity contribution in [2.24, 2.45) is 11.8 Å². The quantitative estimate of drug-likeness (QED) is 0.631. The zero-order chi connectivity index (χ0) is 11.1. The largest absolute Gasteiger partial charge is 0.376 e. The fourth-order valence-electron chi connectivity index (χ4n) is 1.72. The van der Waals surface area contributed by atoms with E-state index in [0.29, 0.717) is 11.8 Å². The fraction of sp³-hybridized carbons (Fsp3) is 1.00. The van der Waals surface area contributed by atoms with E-state index in [-0.39, 0.29) is 12.2 Å². The predicted molar refractivity (Wildman–Crippen MR) is 60.5 cm³/mol. The Morgan fingerprint density at radius 2 is 1.00 bits per heavy atom. The Bertz CT molecular complexity index is 116. The van der Waals surface area contributed by atoms with Gasteiger partial charge in [0.25, 0.3) is 0 Å². The van der Waals surface area contributed by atoms with Gasteiger partial charge in [-0.05, 0) is 25.7 Å². The highest BCUT2D eigenvalue weighted by Gasteiger charge is 2.27. The maximum absolute atomic E-state index is 5.75. The molecular formula is C12H26O2. The second-order valence-corrected chi connectivity index (χ2v) is 4.33. The van der Waals surface area contributed by atoms with Crippen LogP contribution in [0.25, 0.3) is 0 Å². The summed E-state index contributed by atoms with van der Waals surface area (Å²) >= 11 is 0. The Hall–Kier alpha value is -0.0800. The molecule has 0 heterocycles. The maximum Gasteiger partial charge on any atom is 0.0861 e. The Morgan fingerprint density at radius 3 is 1.14 bits per heavy atom. The molecule has 0 bridgehead atoms. The molecule has 0 saturated carbocycles. The number of ether oxygens (including phenoxy) is 2. The van der Waals surface area contributed by atoms with Crippen molar-refractivity contribution in [3.8, 4) is 0 Å². The molecule has 0 saturated heterocycles. The summed E-state index contributed by atoms with van der Waals surface area (Å²) in [6.07, 6.45) is 0.444. The maximum atomic E-state index is 5.75. The van der Waals surface area contributed by atoms with Crippen LogP contribution in [0.2, 0.25) is 0 Å². The summed E-state index contributed by atoms with van der Waals surface area (Å²) < 4.78 is 11.5. The standard InChI is InChI=1S/C12H26O2/c1-7-13-11(9(3)4)12(10(5)6)14-8-2/h9-12H,7-8H2,1-6H3. The first kappa shape index (κ1) is 13.9. The Balaban J connectivity index is 4.37. The molecule has 0 rings (SSSR count). The summed E-state index contributed by atoms with van der Waals surface area (Å²) in [5.41, 5.74) is 0. The lowest BCUT2D eigenvalue weighted by Crippen LogP contribution is -2.39. The van der Waals surface area contributed by atoms with Crippen molar-refractivity contribution in [2.45, 2.75) is 53.8 Å². The second kappa shape index (κ2) is 7.24. The lowest BCUT2D eigenvalue weighted by Gasteiger charge is -2.32. The Kier molecular flexibility index (Phi) is 7.20. The van der Waals surface area contributed by atoms with E-state index < -0.39 is 0 Å². The zero-order valence-corrected chi connectivity index (χ0v) is 10.5. The molecule has 2 atom stereocenters. The van der Waals surface area contributed by atoms with Crippen molar-refractivity contribution in [3.63, 3.8) is 0 Å². The summed E-state index contributed by atoms with van der Waals surface area (Å²) in [4.78, 5) is 0. The van der Waals surface area contributed by atoms with Gasteiger partial charge >= 0.3 is 0 Å². The van der Waals surface area contributed by atoms with Crippen LogP contribution in [0.4, 0.5) is 0 Å². The van der Waals surface area contributed by atoms with Crippen LogP contribution in [0.3, 0.4) is 0 Å². The molecule has 0 aromatic heterocycles. The molecule has 0 N–H and O–H groups in total. The smallest absolute Gasteiger partial charge is 0.0861 e. The molecule has 0 spiro atoms. The van der Waals surface area contributed by atoms with E-state index in [1.54, 1.807) is 0 Å². The van der Waals surface area contributed by atoms with Crippen LogP contribution >= 0.6 is 0 Å². The Morgan fingerprint density at radius 1 is 0.714 bits per heavy atom. The average Bonchev–Trinajstić information content (AvgIpc) is 2.10. The van der Waals surface area contributed by atoms with Gasteiger partial charge in [-0.1, -0.05) is 27.7 Å². The molecule has 0 aliphatic heterocycles. The summed E-state index contributed by atoms with van der Waals surface area (Å²) in [5, 5.41) is 0. The van der Waals surface area contributed by atoms with E-state index in [1.807, 2.05) is 13.8 Å². The van der Waals surface area contributed by atoms with E-state index in [9.17, 15) is 0 Å². The van der Waals surface area contributed by atoms with Crippen LogP contribution in [0, 0.1) is 11.8 Å². The highest BCUT2D eigenvalue weighted by Crippen LogP contribution is 2.20. The van der Waals surface area contributed by atoms with Crippen molar-refractivity contribution < 1.29 is 9.47 Å². The van der Waals surface area contributed by atoms with Crippen LogP contribution < -0.4 is 0 Å². The molecule has 14 heavy (non-hydrogen) atoms. The first-order valence-corrected chi connectivity index (χ1v) is 5.77. The number of hydrogen-bond acceptors (Lipinski definition) is 2. The first-order valence-electron chi connectivity index (χ1n) is 5.77. The SMILES string of the molecule is CCOC(C(C)C)C(OCC)C(C)C. The van der Waals surface area contributed by atoms with Gasteiger partial charge in [0.05, 0.1) is 12.2 Å². The molecule has 2 unspecified atom stereocenters. The molecule has 86 valence electrons. The molecule has 0 aromatic rings. The van der Waals surface area contributed by atoms with Crippen LogP contribution in [0.1, 0.15) is 41.5 Å². The third-order valence-electron chi connectivity index (χ3n) is 2.36. The van der Waals surface area contributed by atoms with Gasteiger partial charge in [0.1, 0.15) is 0 Å². The molecule has 2 nitrogen and oxygen atoms in total. The van der Waals surface area contributed by atoms with Gasteiger partial charge in [0.2, 0.25) is 0 Å². The minimum absolute atomic E-state index is 0.222. The summed E-state index contributed by atoms with van der Waals surface area (Å²) in [5.74, 6) is 1.02. The number of rotatable bonds is 7. The Labute approximate surface area is 89.0 Å². The number of hydrogen-bond donors (Lipinski definition) is 0. The zero-order valence-electron chi connectivity index (χ0n) is 10.5. The highest BCUT2D eigenvalue weighted by molar-refractivity contribution is 4.76. The summed E-state index contributed by atoms with van der Waals surface area (Å²) in [6, 6.07) is 0. The van der Waals surface area contributed by atoms with Gasteiger partial charge in [0.15, 0.2) is 0 Å². The summed E-state index contributed by atoms with van der Waals surface area (Å²) in [7, 11) is 0. The van der Waals surface area contributed by atoms with Crippen molar-refractivity contribution in [3.05, 3.63) is 0 Å². The molecule has 0 radical (unpaired) electrons. The van der Waals surface area contributed by atoms with Gasteiger partial charge in [-0.2, -0.15) is 0 Å².